The smallest absolute Gasteiger partial charge is 0.122 e. The van der Waals surface area contributed by atoms with Gasteiger partial charge in [0.2, 0.25) is 0 Å². The van der Waals surface area contributed by atoms with Gasteiger partial charge in [-0.05, 0) is 19.0 Å². The van der Waals surface area contributed by atoms with Gasteiger partial charge in [-0.1, -0.05) is 64.2 Å². The van der Waals surface area contributed by atoms with E-state index in [1.54, 1.807) is 0 Å². The minimum Gasteiger partial charge on any atom is -0.493 e. The molecule has 0 amide bonds. The third-order valence-electron chi connectivity index (χ3n) is 4.31. The molecule has 1 heterocycles. The van der Waals surface area contributed by atoms with Crippen molar-refractivity contribution < 1.29 is 4.74 Å². The van der Waals surface area contributed by atoms with E-state index in [1.807, 2.05) is 0 Å². The Labute approximate surface area is 123 Å². The second-order valence-electron chi connectivity index (χ2n) is 5.82. The minimum absolute atomic E-state index is 0.525. The zero-order valence-corrected chi connectivity index (χ0v) is 13.0. The number of benzene rings is 1. The fraction of sp³-hybridized carbons (Fsp3) is 0.667. The van der Waals surface area contributed by atoms with Gasteiger partial charge in [0.05, 0.1) is 6.61 Å². The third-order valence-corrected chi connectivity index (χ3v) is 4.31. The average molecular weight is 275 g/mol. The van der Waals surface area contributed by atoms with Crippen LogP contribution in [0, 0.1) is 0 Å². The first-order valence-electron chi connectivity index (χ1n) is 8.32. The number of unbranched alkanes of at least 4 members (excludes halogenated alkanes) is 4. The maximum atomic E-state index is 5.84. The fourth-order valence-corrected chi connectivity index (χ4v) is 3.20. The van der Waals surface area contributed by atoms with Crippen LogP contribution in [0.2, 0.25) is 0 Å². The lowest BCUT2D eigenvalue weighted by Gasteiger charge is -2.23. The van der Waals surface area contributed by atoms with Gasteiger partial charge < -0.3 is 10.1 Å². The van der Waals surface area contributed by atoms with Crippen LogP contribution in [0.1, 0.15) is 63.9 Å². The Hall–Kier alpha value is -1.02. The second kappa shape index (κ2) is 8.31. The number of rotatable bonds is 9. The number of fused-ring (bicyclic) bond motifs is 1. The normalized spacial score (nSPS) is 18.6. The van der Waals surface area contributed by atoms with Crippen LogP contribution < -0.4 is 10.1 Å². The van der Waals surface area contributed by atoms with E-state index in [2.05, 4.69) is 43.4 Å². The largest absolute Gasteiger partial charge is 0.493 e. The third kappa shape index (κ3) is 3.99. The molecule has 112 valence electrons. The van der Waals surface area contributed by atoms with E-state index < -0.39 is 0 Å². The Morgan fingerprint density at radius 1 is 1.15 bits per heavy atom. The van der Waals surface area contributed by atoms with Crippen LogP contribution in [0.15, 0.2) is 24.3 Å². The molecule has 1 aromatic carbocycles. The molecular weight excluding hydrogens is 246 g/mol. The van der Waals surface area contributed by atoms with Crippen LogP contribution in [-0.2, 0) is 0 Å². The predicted molar refractivity (Wildman–Crippen MR) is 85.5 cm³/mol. The number of nitrogens with one attached hydrogen (secondary N) is 1. The van der Waals surface area contributed by atoms with Crippen molar-refractivity contribution in [2.24, 2.45) is 0 Å². The van der Waals surface area contributed by atoms with Crippen molar-refractivity contribution in [2.75, 3.05) is 13.2 Å². The van der Waals surface area contributed by atoms with E-state index in [-0.39, 0.29) is 0 Å². The standard InChI is InChI=1S/C18H29NO/c1-3-5-6-7-8-12-17(19-4-2)16-14-20-18-13-10-9-11-15(16)18/h9-11,13,16-17,19H,3-8,12,14H2,1-2H3. The molecule has 0 radical (unpaired) electrons. The second-order valence-corrected chi connectivity index (χ2v) is 5.82. The number of ether oxygens (including phenoxy) is 1. The molecule has 20 heavy (non-hydrogen) atoms. The first-order valence-corrected chi connectivity index (χ1v) is 8.32. The summed E-state index contributed by atoms with van der Waals surface area (Å²) < 4.78 is 5.84. The van der Waals surface area contributed by atoms with E-state index in [0.29, 0.717) is 12.0 Å². The fourth-order valence-electron chi connectivity index (χ4n) is 3.20. The van der Waals surface area contributed by atoms with Gasteiger partial charge in [-0.3, -0.25) is 0 Å². The summed E-state index contributed by atoms with van der Waals surface area (Å²) in [7, 11) is 0. The van der Waals surface area contributed by atoms with Gasteiger partial charge in [-0.2, -0.15) is 0 Å². The number of hydrogen-bond donors (Lipinski definition) is 1. The molecule has 1 aliphatic heterocycles. The highest BCUT2D eigenvalue weighted by atomic mass is 16.5. The Kier molecular flexibility index (Phi) is 6.38. The lowest BCUT2D eigenvalue weighted by molar-refractivity contribution is 0.290. The van der Waals surface area contributed by atoms with Gasteiger partial charge >= 0.3 is 0 Å². The summed E-state index contributed by atoms with van der Waals surface area (Å²) >= 11 is 0. The molecule has 0 aromatic heterocycles. The van der Waals surface area contributed by atoms with Gasteiger partial charge in [-0.15, -0.1) is 0 Å². The maximum Gasteiger partial charge on any atom is 0.122 e. The zero-order chi connectivity index (χ0) is 14.2. The lowest BCUT2D eigenvalue weighted by Crippen LogP contribution is -2.35. The Bertz CT molecular complexity index is 391. The Morgan fingerprint density at radius 3 is 2.75 bits per heavy atom. The molecule has 1 aromatic rings. The van der Waals surface area contributed by atoms with E-state index in [9.17, 15) is 0 Å². The van der Waals surface area contributed by atoms with E-state index in [4.69, 9.17) is 4.74 Å². The van der Waals surface area contributed by atoms with Crippen LogP contribution in [0.3, 0.4) is 0 Å². The summed E-state index contributed by atoms with van der Waals surface area (Å²) in [4.78, 5) is 0. The highest BCUT2D eigenvalue weighted by Crippen LogP contribution is 2.36. The van der Waals surface area contributed by atoms with Gasteiger partial charge in [0.25, 0.3) is 0 Å². The van der Waals surface area contributed by atoms with Crippen molar-refractivity contribution in [2.45, 2.75) is 64.3 Å². The van der Waals surface area contributed by atoms with E-state index in [1.165, 1.54) is 44.1 Å². The van der Waals surface area contributed by atoms with E-state index >= 15 is 0 Å². The lowest BCUT2D eigenvalue weighted by atomic mass is 9.89. The van der Waals surface area contributed by atoms with Crippen LogP contribution >= 0.6 is 0 Å². The summed E-state index contributed by atoms with van der Waals surface area (Å²) in [6.45, 7) is 6.35. The van der Waals surface area contributed by atoms with Gasteiger partial charge in [0.15, 0.2) is 0 Å². The molecule has 0 fully saturated rings. The first kappa shape index (κ1) is 15.4. The summed E-state index contributed by atoms with van der Waals surface area (Å²) in [6, 6.07) is 9.08. The molecule has 0 bridgehead atoms. The molecule has 2 nitrogen and oxygen atoms in total. The van der Waals surface area contributed by atoms with Crippen molar-refractivity contribution in [3.63, 3.8) is 0 Å². The Balaban J connectivity index is 1.89. The minimum atomic E-state index is 0.525. The topological polar surface area (TPSA) is 21.3 Å². The molecule has 0 saturated carbocycles. The van der Waals surface area contributed by atoms with Crippen LogP contribution in [0.4, 0.5) is 0 Å². The number of para-hydroxylation sites is 1. The summed E-state index contributed by atoms with van der Waals surface area (Å²) in [6.07, 6.45) is 8.04. The van der Waals surface area contributed by atoms with Crippen LogP contribution in [0.25, 0.3) is 0 Å². The number of hydrogen-bond acceptors (Lipinski definition) is 2. The van der Waals surface area contributed by atoms with Crippen molar-refractivity contribution in [3.8, 4) is 5.75 Å². The quantitative estimate of drug-likeness (QED) is 0.670. The van der Waals surface area contributed by atoms with Crippen LogP contribution in [0.5, 0.6) is 5.75 Å². The molecular formula is C18H29NO. The number of likely N-dealkylation sites (N-methyl/N-ethyl adjacent to an activating group) is 1. The molecule has 0 saturated heterocycles. The SMILES string of the molecule is CCCCCCCC(NCC)C1COc2ccccc21. The highest BCUT2D eigenvalue weighted by molar-refractivity contribution is 5.40. The summed E-state index contributed by atoms with van der Waals surface area (Å²) in [5, 5.41) is 3.68. The summed E-state index contributed by atoms with van der Waals surface area (Å²) in [5.41, 5.74) is 1.40. The predicted octanol–water partition coefficient (Wildman–Crippen LogP) is 4.50. The molecule has 2 heteroatoms. The van der Waals surface area contributed by atoms with E-state index in [0.717, 1.165) is 18.9 Å². The summed E-state index contributed by atoms with van der Waals surface area (Å²) in [5.74, 6) is 1.61. The van der Waals surface area contributed by atoms with Crippen molar-refractivity contribution in [3.05, 3.63) is 29.8 Å². The molecule has 2 rings (SSSR count). The Morgan fingerprint density at radius 2 is 1.95 bits per heavy atom. The monoisotopic (exact) mass is 275 g/mol. The van der Waals surface area contributed by atoms with Crippen molar-refractivity contribution in [1.29, 1.82) is 0 Å². The van der Waals surface area contributed by atoms with Crippen molar-refractivity contribution in [1.82, 2.24) is 5.32 Å². The molecule has 2 unspecified atom stereocenters. The molecule has 1 N–H and O–H groups in total. The molecule has 0 spiro atoms. The van der Waals surface area contributed by atoms with Gasteiger partial charge in [0, 0.05) is 17.5 Å². The van der Waals surface area contributed by atoms with Gasteiger partial charge in [0.1, 0.15) is 5.75 Å². The maximum absolute atomic E-state index is 5.84. The van der Waals surface area contributed by atoms with Gasteiger partial charge in [-0.25, -0.2) is 0 Å². The molecule has 0 aliphatic carbocycles. The highest BCUT2D eigenvalue weighted by Gasteiger charge is 2.30. The van der Waals surface area contributed by atoms with Crippen molar-refractivity contribution >= 4 is 0 Å². The first-order chi connectivity index (χ1) is 9.86. The van der Waals surface area contributed by atoms with Crippen LogP contribution in [-0.4, -0.2) is 19.2 Å². The molecule has 1 aliphatic rings. The zero-order valence-electron chi connectivity index (χ0n) is 13.0. The molecule has 2 atom stereocenters. The average Bonchev–Trinajstić information content (AvgIpc) is 2.90.